The average molecular weight is 258 g/mol. The number of aliphatic hydroxyl groups is 1. The summed E-state index contributed by atoms with van der Waals surface area (Å²) in [5.41, 5.74) is 0. The van der Waals surface area contributed by atoms with Gasteiger partial charge in [0, 0.05) is 20.1 Å². The van der Waals surface area contributed by atoms with Gasteiger partial charge in [0.2, 0.25) is 0 Å². The normalized spacial score (nSPS) is 24.6. The summed E-state index contributed by atoms with van der Waals surface area (Å²) in [5.74, 6) is -1.09. The van der Waals surface area contributed by atoms with E-state index >= 15 is 0 Å². The van der Waals surface area contributed by atoms with Gasteiger partial charge in [0.1, 0.15) is 0 Å². The lowest BCUT2D eigenvalue weighted by atomic mass is 9.96. The fraction of sp³-hybridized carbons (Fsp3) is 0.833. The van der Waals surface area contributed by atoms with Crippen LogP contribution in [0.2, 0.25) is 0 Å². The number of carboxylic acids is 1. The molecule has 3 atom stereocenters. The summed E-state index contributed by atoms with van der Waals surface area (Å²) in [5, 5.41) is 20.9. The maximum atomic E-state index is 11.7. The zero-order valence-electron chi connectivity index (χ0n) is 10.9. The Labute approximate surface area is 107 Å². The lowest BCUT2D eigenvalue weighted by Crippen LogP contribution is -2.43. The second-order valence-corrected chi connectivity index (χ2v) is 5.05. The Kier molecular flexibility index (Phi) is 5.40. The molecule has 1 aliphatic carbocycles. The van der Waals surface area contributed by atoms with Crippen molar-refractivity contribution >= 4 is 12.0 Å². The molecule has 2 amide bonds. The molecule has 0 saturated heterocycles. The van der Waals surface area contributed by atoms with Gasteiger partial charge in [0.25, 0.3) is 0 Å². The molecular weight excluding hydrogens is 236 g/mol. The van der Waals surface area contributed by atoms with Crippen LogP contribution in [0, 0.1) is 11.8 Å². The second-order valence-electron chi connectivity index (χ2n) is 5.05. The molecule has 18 heavy (non-hydrogen) atoms. The van der Waals surface area contributed by atoms with Gasteiger partial charge in [-0.05, 0) is 25.7 Å². The number of hydrogen-bond acceptors (Lipinski definition) is 3. The molecule has 104 valence electrons. The Bertz CT molecular complexity index is 306. The number of carbonyl (C=O) groups excluding carboxylic acids is 1. The SMILES string of the molecule is CC(O)CN(C)C(=O)NCC1CCCC1C(=O)O. The van der Waals surface area contributed by atoms with Gasteiger partial charge in [0.15, 0.2) is 0 Å². The minimum atomic E-state index is -0.774. The largest absolute Gasteiger partial charge is 0.481 e. The van der Waals surface area contributed by atoms with Gasteiger partial charge in [-0.25, -0.2) is 4.79 Å². The molecule has 0 spiro atoms. The molecule has 0 heterocycles. The number of urea groups is 1. The number of nitrogens with one attached hydrogen (secondary N) is 1. The lowest BCUT2D eigenvalue weighted by Gasteiger charge is -2.22. The molecule has 6 heteroatoms. The summed E-state index contributed by atoms with van der Waals surface area (Å²) < 4.78 is 0. The van der Waals surface area contributed by atoms with Gasteiger partial charge < -0.3 is 20.4 Å². The third-order valence-corrected chi connectivity index (χ3v) is 3.38. The molecule has 1 saturated carbocycles. The fourth-order valence-corrected chi connectivity index (χ4v) is 2.44. The van der Waals surface area contributed by atoms with Gasteiger partial charge in [-0.3, -0.25) is 4.79 Å². The van der Waals surface area contributed by atoms with Crippen molar-refractivity contribution in [2.75, 3.05) is 20.1 Å². The van der Waals surface area contributed by atoms with Crippen LogP contribution in [-0.2, 0) is 4.79 Å². The van der Waals surface area contributed by atoms with Crippen molar-refractivity contribution in [3.63, 3.8) is 0 Å². The minimum absolute atomic E-state index is 0.0198. The summed E-state index contributed by atoms with van der Waals surface area (Å²) >= 11 is 0. The fourth-order valence-electron chi connectivity index (χ4n) is 2.44. The summed E-state index contributed by atoms with van der Waals surface area (Å²) in [7, 11) is 1.60. The first-order chi connectivity index (χ1) is 8.41. The van der Waals surface area contributed by atoms with Crippen LogP contribution >= 0.6 is 0 Å². The number of carbonyl (C=O) groups is 2. The van der Waals surface area contributed by atoms with Crippen molar-refractivity contribution in [2.24, 2.45) is 11.8 Å². The monoisotopic (exact) mass is 258 g/mol. The van der Waals surface area contributed by atoms with Crippen LogP contribution in [0.25, 0.3) is 0 Å². The van der Waals surface area contributed by atoms with E-state index in [4.69, 9.17) is 10.2 Å². The summed E-state index contributed by atoms with van der Waals surface area (Å²) in [6.45, 7) is 2.26. The summed E-state index contributed by atoms with van der Waals surface area (Å²) in [4.78, 5) is 24.0. The second kappa shape index (κ2) is 6.58. The number of aliphatic hydroxyl groups excluding tert-OH is 1. The maximum absolute atomic E-state index is 11.7. The Morgan fingerprint density at radius 1 is 1.44 bits per heavy atom. The summed E-state index contributed by atoms with van der Waals surface area (Å²) in [6, 6.07) is -0.271. The van der Waals surface area contributed by atoms with Crippen LogP contribution in [0.1, 0.15) is 26.2 Å². The van der Waals surface area contributed by atoms with Crippen molar-refractivity contribution in [2.45, 2.75) is 32.3 Å². The van der Waals surface area contributed by atoms with Gasteiger partial charge in [-0.15, -0.1) is 0 Å². The van der Waals surface area contributed by atoms with Crippen LogP contribution in [0.4, 0.5) is 4.79 Å². The highest BCUT2D eigenvalue weighted by molar-refractivity contribution is 5.74. The highest BCUT2D eigenvalue weighted by Gasteiger charge is 2.33. The quantitative estimate of drug-likeness (QED) is 0.670. The minimum Gasteiger partial charge on any atom is -0.481 e. The molecule has 6 nitrogen and oxygen atoms in total. The average Bonchev–Trinajstić information content (AvgIpc) is 2.72. The van der Waals surface area contributed by atoms with Crippen molar-refractivity contribution in [1.29, 1.82) is 0 Å². The Balaban J connectivity index is 2.36. The molecular formula is C12H22N2O4. The van der Waals surface area contributed by atoms with Gasteiger partial charge in [-0.1, -0.05) is 6.42 Å². The highest BCUT2D eigenvalue weighted by atomic mass is 16.4. The number of carboxylic acid groups (broad SMARTS) is 1. The van der Waals surface area contributed by atoms with Crippen LogP contribution in [0.3, 0.4) is 0 Å². The predicted octanol–water partition coefficient (Wildman–Crippen LogP) is 0.509. The first-order valence-corrected chi connectivity index (χ1v) is 6.31. The molecule has 1 rings (SSSR count). The smallest absolute Gasteiger partial charge is 0.317 e. The van der Waals surface area contributed by atoms with Crippen LogP contribution < -0.4 is 5.32 Å². The Morgan fingerprint density at radius 2 is 2.11 bits per heavy atom. The van der Waals surface area contributed by atoms with Gasteiger partial charge in [-0.2, -0.15) is 0 Å². The van der Waals surface area contributed by atoms with E-state index in [2.05, 4.69) is 5.32 Å². The Hall–Kier alpha value is -1.30. The third kappa shape index (κ3) is 4.18. The van der Waals surface area contributed by atoms with E-state index in [0.717, 1.165) is 12.8 Å². The molecule has 0 aromatic carbocycles. The van der Waals surface area contributed by atoms with Crippen LogP contribution in [0.15, 0.2) is 0 Å². The zero-order chi connectivity index (χ0) is 13.7. The first kappa shape index (κ1) is 14.8. The summed E-state index contributed by atoms with van der Waals surface area (Å²) in [6.07, 6.45) is 1.87. The number of amides is 2. The molecule has 0 bridgehead atoms. The molecule has 0 aromatic heterocycles. The number of nitrogens with zero attached hydrogens (tertiary/aromatic N) is 1. The van der Waals surface area contributed by atoms with Crippen LogP contribution in [0.5, 0.6) is 0 Å². The van der Waals surface area contributed by atoms with Gasteiger partial charge in [0.05, 0.1) is 12.0 Å². The van der Waals surface area contributed by atoms with Crippen molar-refractivity contribution in [3.05, 3.63) is 0 Å². The van der Waals surface area contributed by atoms with E-state index in [0.29, 0.717) is 13.0 Å². The first-order valence-electron chi connectivity index (χ1n) is 6.31. The number of rotatable bonds is 5. The number of aliphatic carboxylic acids is 1. The predicted molar refractivity (Wildman–Crippen MR) is 66.2 cm³/mol. The van der Waals surface area contributed by atoms with E-state index < -0.39 is 12.1 Å². The molecule has 1 aliphatic rings. The Morgan fingerprint density at radius 3 is 2.67 bits per heavy atom. The molecule has 0 radical (unpaired) electrons. The molecule has 3 N–H and O–H groups in total. The van der Waals surface area contributed by atoms with E-state index in [9.17, 15) is 9.59 Å². The molecule has 0 aliphatic heterocycles. The van der Waals surface area contributed by atoms with Crippen molar-refractivity contribution < 1.29 is 19.8 Å². The zero-order valence-corrected chi connectivity index (χ0v) is 10.9. The number of hydrogen-bond donors (Lipinski definition) is 3. The van der Waals surface area contributed by atoms with E-state index in [1.54, 1.807) is 14.0 Å². The van der Waals surface area contributed by atoms with Crippen molar-refractivity contribution in [1.82, 2.24) is 10.2 Å². The van der Waals surface area contributed by atoms with Gasteiger partial charge >= 0.3 is 12.0 Å². The lowest BCUT2D eigenvalue weighted by molar-refractivity contribution is -0.142. The molecule has 3 unspecified atom stereocenters. The molecule has 0 aromatic rings. The standard InChI is InChI=1S/C12H22N2O4/c1-8(15)7-14(2)12(18)13-6-9-4-3-5-10(9)11(16)17/h8-10,15H,3-7H2,1-2H3,(H,13,18)(H,16,17). The van der Waals surface area contributed by atoms with Crippen molar-refractivity contribution in [3.8, 4) is 0 Å². The maximum Gasteiger partial charge on any atom is 0.317 e. The van der Waals surface area contributed by atoms with Crippen LogP contribution in [-0.4, -0.2) is 53.4 Å². The highest BCUT2D eigenvalue weighted by Crippen LogP contribution is 2.31. The third-order valence-electron chi connectivity index (χ3n) is 3.38. The van der Waals surface area contributed by atoms with E-state index in [1.165, 1.54) is 4.90 Å². The topological polar surface area (TPSA) is 89.9 Å². The van der Waals surface area contributed by atoms with E-state index in [-0.39, 0.29) is 24.4 Å². The van der Waals surface area contributed by atoms with E-state index in [1.807, 2.05) is 0 Å². The number of likely N-dealkylation sites (N-methyl/N-ethyl adjacent to an activating group) is 1. The molecule has 1 fully saturated rings.